The average Bonchev–Trinajstić information content (AvgIpc) is 3.36. The van der Waals surface area contributed by atoms with Gasteiger partial charge in [0, 0.05) is 48.5 Å². The number of sulfonamides is 1. The molecule has 2 aromatic heterocycles. The standard InChI is InChI=1S/C24H19BrCl2FN5O2S/c25-18-3-1-15(11-20(18)28)21-14-30-24(31-21)16-2-4-19(27)22(12-16)36(34,35)33-9-7-32(8-10-33)23-13-17(26)5-6-29-23/h1-6,11-14H,7-10H2,(H,30,31). The molecule has 0 radical (unpaired) electrons. The van der Waals surface area contributed by atoms with Crippen LogP contribution in [0.2, 0.25) is 10.0 Å². The Bertz CT molecular complexity index is 1540. The molecule has 0 unspecified atom stereocenters. The van der Waals surface area contributed by atoms with Crippen LogP contribution in [0.25, 0.3) is 22.6 Å². The Morgan fingerprint density at radius 2 is 1.69 bits per heavy atom. The Hall–Kier alpha value is -2.50. The zero-order valence-electron chi connectivity index (χ0n) is 18.6. The number of piperazine rings is 1. The summed E-state index contributed by atoms with van der Waals surface area (Å²) in [5, 5.41) is 0.699. The Morgan fingerprint density at radius 1 is 0.944 bits per heavy atom. The first kappa shape index (κ1) is 25.2. The predicted octanol–water partition coefficient (Wildman–Crippen LogP) is 5.86. The van der Waals surface area contributed by atoms with Crippen LogP contribution in [0, 0.1) is 5.82 Å². The second-order valence-electron chi connectivity index (χ2n) is 8.14. The summed E-state index contributed by atoms with van der Waals surface area (Å²) < 4.78 is 42.7. The molecular formula is C24H19BrCl2FN5O2S. The highest BCUT2D eigenvalue weighted by atomic mass is 79.9. The topological polar surface area (TPSA) is 82.2 Å². The highest BCUT2D eigenvalue weighted by molar-refractivity contribution is 9.10. The fourth-order valence-electron chi connectivity index (χ4n) is 3.99. The van der Waals surface area contributed by atoms with E-state index in [1.165, 1.54) is 22.5 Å². The summed E-state index contributed by atoms with van der Waals surface area (Å²) in [5.74, 6) is 0.756. The lowest BCUT2D eigenvalue weighted by Crippen LogP contribution is -2.49. The van der Waals surface area contributed by atoms with Gasteiger partial charge < -0.3 is 9.88 Å². The first-order chi connectivity index (χ1) is 17.2. The normalized spacial score (nSPS) is 14.8. The number of aromatic nitrogens is 3. The van der Waals surface area contributed by atoms with Gasteiger partial charge in [0.25, 0.3) is 0 Å². The fraction of sp³-hybridized carbons (Fsp3) is 0.167. The van der Waals surface area contributed by atoms with Crippen molar-refractivity contribution in [2.45, 2.75) is 4.90 Å². The second-order valence-corrected chi connectivity index (χ2v) is 11.7. The number of H-pyrrole nitrogens is 1. The highest BCUT2D eigenvalue weighted by Crippen LogP contribution is 2.32. The molecule has 2 aromatic carbocycles. The molecule has 0 saturated carbocycles. The minimum absolute atomic E-state index is 0.00336. The van der Waals surface area contributed by atoms with E-state index in [4.69, 9.17) is 23.2 Å². The first-order valence-electron chi connectivity index (χ1n) is 10.9. The van der Waals surface area contributed by atoms with E-state index in [0.717, 1.165) is 0 Å². The number of anilines is 1. The van der Waals surface area contributed by atoms with Gasteiger partial charge in [0.2, 0.25) is 10.0 Å². The first-order valence-corrected chi connectivity index (χ1v) is 13.9. The summed E-state index contributed by atoms with van der Waals surface area (Å²) >= 11 is 15.6. The molecule has 0 spiro atoms. The Kier molecular flexibility index (Phi) is 7.06. The summed E-state index contributed by atoms with van der Waals surface area (Å²) in [4.78, 5) is 13.8. The zero-order valence-corrected chi connectivity index (χ0v) is 22.5. The molecule has 36 heavy (non-hydrogen) atoms. The van der Waals surface area contributed by atoms with E-state index in [9.17, 15) is 12.8 Å². The maximum atomic E-state index is 14.0. The molecular weight excluding hydrogens is 592 g/mol. The van der Waals surface area contributed by atoms with E-state index >= 15 is 0 Å². The molecule has 186 valence electrons. The number of nitrogens with one attached hydrogen (secondary N) is 1. The zero-order chi connectivity index (χ0) is 25.4. The van der Waals surface area contributed by atoms with Crippen molar-refractivity contribution in [3.05, 3.63) is 81.3 Å². The monoisotopic (exact) mass is 609 g/mol. The largest absolute Gasteiger partial charge is 0.354 e. The number of nitrogens with zero attached hydrogens (tertiary/aromatic N) is 4. The molecule has 0 amide bonds. The Labute approximate surface area is 226 Å². The van der Waals surface area contributed by atoms with Crippen LogP contribution >= 0.6 is 39.1 Å². The van der Waals surface area contributed by atoms with Crippen molar-refractivity contribution < 1.29 is 12.8 Å². The van der Waals surface area contributed by atoms with E-state index in [1.807, 2.05) is 4.90 Å². The van der Waals surface area contributed by atoms with Gasteiger partial charge in [-0.15, -0.1) is 0 Å². The second kappa shape index (κ2) is 10.1. The lowest BCUT2D eigenvalue weighted by molar-refractivity contribution is 0.384. The van der Waals surface area contributed by atoms with Gasteiger partial charge in [0.15, 0.2) is 0 Å². The predicted molar refractivity (Wildman–Crippen MR) is 142 cm³/mol. The van der Waals surface area contributed by atoms with Crippen molar-refractivity contribution in [1.29, 1.82) is 0 Å². The molecule has 1 aliphatic heterocycles. The van der Waals surface area contributed by atoms with Crippen LogP contribution in [0.3, 0.4) is 0 Å². The van der Waals surface area contributed by atoms with Crippen LogP contribution < -0.4 is 4.90 Å². The molecule has 0 bridgehead atoms. The average molecular weight is 611 g/mol. The van der Waals surface area contributed by atoms with Crippen LogP contribution in [0.5, 0.6) is 0 Å². The molecule has 0 atom stereocenters. The van der Waals surface area contributed by atoms with Crippen molar-refractivity contribution >= 4 is 55.0 Å². The molecule has 1 aliphatic rings. The Balaban J connectivity index is 1.38. The minimum atomic E-state index is -3.86. The minimum Gasteiger partial charge on any atom is -0.354 e. The molecule has 12 heteroatoms. The van der Waals surface area contributed by atoms with Gasteiger partial charge in [-0.1, -0.05) is 29.3 Å². The van der Waals surface area contributed by atoms with Crippen molar-refractivity contribution in [2.24, 2.45) is 0 Å². The van der Waals surface area contributed by atoms with Crippen LogP contribution in [0.15, 0.2) is 70.3 Å². The molecule has 1 fully saturated rings. The lowest BCUT2D eigenvalue weighted by atomic mass is 10.2. The van der Waals surface area contributed by atoms with Crippen LogP contribution in [0.1, 0.15) is 0 Å². The number of hydrogen-bond donors (Lipinski definition) is 1. The van der Waals surface area contributed by atoms with Crippen molar-refractivity contribution in [3.63, 3.8) is 0 Å². The van der Waals surface area contributed by atoms with Gasteiger partial charge in [-0.25, -0.2) is 22.8 Å². The van der Waals surface area contributed by atoms with E-state index in [0.29, 0.717) is 51.0 Å². The van der Waals surface area contributed by atoms with Crippen LogP contribution in [0.4, 0.5) is 10.2 Å². The highest BCUT2D eigenvalue weighted by Gasteiger charge is 2.31. The molecule has 3 heterocycles. The van der Waals surface area contributed by atoms with E-state index in [-0.39, 0.29) is 23.0 Å². The number of rotatable bonds is 5. The summed E-state index contributed by atoms with van der Waals surface area (Å²) in [6.07, 6.45) is 3.20. The number of imidazole rings is 1. The van der Waals surface area contributed by atoms with Gasteiger partial charge in [0.1, 0.15) is 22.4 Å². The summed E-state index contributed by atoms with van der Waals surface area (Å²) in [5.41, 5.74) is 1.76. The fourth-order valence-corrected chi connectivity index (χ4v) is 6.31. The maximum Gasteiger partial charge on any atom is 0.244 e. The summed E-state index contributed by atoms with van der Waals surface area (Å²) in [7, 11) is -3.86. The van der Waals surface area contributed by atoms with Gasteiger partial charge in [-0.05, 0) is 58.4 Å². The summed E-state index contributed by atoms with van der Waals surface area (Å²) in [6.45, 7) is 1.48. The molecule has 1 saturated heterocycles. The molecule has 7 nitrogen and oxygen atoms in total. The smallest absolute Gasteiger partial charge is 0.244 e. The third kappa shape index (κ3) is 5.01. The number of halogens is 4. The summed E-state index contributed by atoms with van der Waals surface area (Å²) in [6, 6.07) is 12.9. The number of aromatic amines is 1. The van der Waals surface area contributed by atoms with Crippen LogP contribution in [-0.2, 0) is 10.0 Å². The SMILES string of the molecule is O=S(=O)(c1cc(-c2ncc(-c3ccc(Br)c(F)c3)[nH]2)ccc1Cl)N1CCN(c2cc(Cl)ccn2)CC1. The lowest BCUT2D eigenvalue weighted by Gasteiger charge is -2.34. The van der Waals surface area contributed by atoms with Gasteiger partial charge in [-0.2, -0.15) is 4.31 Å². The van der Waals surface area contributed by atoms with Gasteiger partial charge >= 0.3 is 0 Å². The third-order valence-electron chi connectivity index (χ3n) is 5.90. The number of hydrogen-bond acceptors (Lipinski definition) is 5. The van der Waals surface area contributed by atoms with E-state index in [2.05, 4.69) is 30.9 Å². The van der Waals surface area contributed by atoms with Crippen molar-refractivity contribution in [2.75, 3.05) is 31.1 Å². The molecule has 5 rings (SSSR count). The maximum absolute atomic E-state index is 14.0. The van der Waals surface area contributed by atoms with Crippen molar-refractivity contribution in [1.82, 2.24) is 19.3 Å². The third-order valence-corrected chi connectivity index (χ3v) is 9.16. The van der Waals surface area contributed by atoms with Gasteiger partial charge in [0.05, 0.1) is 21.4 Å². The van der Waals surface area contributed by atoms with Gasteiger partial charge in [-0.3, -0.25) is 0 Å². The molecule has 1 N–H and O–H groups in total. The number of benzene rings is 2. The molecule has 0 aliphatic carbocycles. The van der Waals surface area contributed by atoms with E-state index < -0.39 is 15.8 Å². The van der Waals surface area contributed by atoms with Crippen molar-refractivity contribution in [3.8, 4) is 22.6 Å². The van der Waals surface area contributed by atoms with E-state index in [1.54, 1.807) is 42.7 Å². The quantitative estimate of drug-likeness (QED) is 0.306. The number of pyridine rings is 1. The Morgan fingerprint density at radius 3 is 2.42 bits per heavy atom. The molecule has 4 aromatic rings. The van der Waals surface area contributed by atoms with Crippen LogP contribution in [-0.4, -0.2) is 53.9 Å².